The van der Waals surface area contributed by atoms with Crippen LogP contribution in [0.4, 0.5) is 5.69 Å². The van der Waals surface area contributed by atoms with Gasteiger partial charge in [-0.1, -0.05) is 12.1 Å². The van der Waals surface area contributed by atoms with Crippen molar-refractivity contribution in [3.05, 3.63) is 47.8 Å². The largest absolute Gasteiger partial charge is 0.324 e. The second kappa shape index (κ2) is 7.89. The van der Waals surface area contributed by atoms with Gasteiger partial charge in [-0.2, -0.15) is 5.10 Å². The highest BCUT2D eigenvalue weighted by atomic mass is 16.2. The second-order valence-electron chi connectivity index (χ2n) is 5.91. The Balaban J connectivity index is 1.98. The molecule has 6 heteroatoms. The van der Waals surface area contributed by atoms with Crippen LogP contribution in [0.25, 0.3) is 0 Å². The van der Waals surface area contributed by atoms with E-state index < -0.39 is 6.04 Å². The number of hydrogen-bond acceptors (Lipinski definition) is 4. The Kier molecular flexibility index (Phi) is 5.90. The van der Waals surface area contributed by atoms with Gasteiger partial charge in [-0.05, 0) is 45.3 Å². The van der Waals surface area contributed by atoms with E-state index in [9.17, 15) is 4.79 Å². The van der Waals surface area contributed by atoms with Crippen molar-refractivity contribution in [3.8, 4) is 0 Å². The Bertz CT molecular complexity index is 633. The molecule has 0 spiro atoms. The summed E-state index contributed by atoms with van der Waals surface area (Å²) in [7, 11) is 7.72. The monoisotopic (exact) mass is 315 g/mol. The zero-order valence-electron chi connectivity index (χ0n) is 14.2. The van der Waals surface area contributed by atoms with E-state index in [1.165, 1.54) is 5.56 Å². The average molecular weight is 315 g/mol. The SMILES string of the molecule is CNC(C(=O)Nc1ccc(CCN(C)C)cc1)c1cnn(C)c1. The summed E-state index contributed by atoms with van der Waals surface area (Å²) in [5.41, 5.74) is 2.90. The minimum absolute atomic E-state index is 0.0958. The molecule has 1 aromatic heterocycles. The maximum absolute atomic E-state index is 12.4. The quantitative estimate of drug-likeness (QED) is 0.811. The molecule has 0 aliphatic heterocycles. The van der Waals surface area contributed by atoms with Crippen LogP contribution in [0.3, 0.4) is 0 Å². The van der Waals surface area contributed by atoms with E-state index in [1.807, 2.05) is 25.4 Å². The summed E-state index contributed by atoms with van der Waals surface area (Å²) in [5.74, 6) is -0.0958. The molecule has 2 N–H and O–H groups in total. The van der Waals surface area contributed by atoms with E-state index >= 15 is 0 Å². The fraction of sp³-hybridized carbons (Fsp3) is 0.412. The predicted octanol–water partition coefficient (Wildman–Crippen LogP) is 1.42. The Morgan fingerprint density at radius 1 is 1.30 bits per heavy atom. The first-order valence-corrected chi connectivity index (χ1v) is 7.70. The second-order valence-corrected chi connectivity index (χ2v) is 5.91. The maximum Gasteiger partial charge on any atom is 0.246 e. The topological polar surface area (TPSA) is 62.2 Å². The van der Waals surface area contributed by atoms with Gasteiger partial charge in [0.05, 0.1) is 6.20 Å². The third-order valence-electron chi connectivity index (χ3n) is 3.68. The molecule has 1 aromatic carbocycles. The van der Waals surface area contributed by atoms with Gasteiger partial charge < -0.3 is 15.5 Å². The van der Waals surface area contributed by atoms with Crippen molar-refractivity contribution in [1.82, 2.24) is 20.0 Å². The van der Waals surface area contributed by atoms with Gasteiger partial charge in [0.25, 0.3) is 0 Å². The van der Waals surface area contributed by atoms with E-state index in [1.54, 1.807) is 17.9 Å². The van der Waals surface area contributed by atoms with Gasteiger partial charge in [-0.15, -0.1) is 0 Å². The molecule has 0 radical (unpaired) electrons. The molecular weight excluding hydrogens is 290 g/mol. The van der Waals surface area contributed by atoms with Gasteiger partial charge in [0.15, 0.2) is 0 Å². The van der Waals surface area contributed by atoms with E-state index in [0.717, 1.165) is 24.2 Å². The molecule has 2 rings (SSSR count). The normalized spacial score (nSPS) is 12.4. The van der Waals surface area contributed by atoms with Gasteiger partial charge >= 0.3 is 0 Å². The number of anilines is 1. The number of nitrogens with one attached hydrogen (secondary N) is 2. The van der Waals surface area contributed by atoms with Crippen LogP contribution in [0.5, 0.6) is 0 Å². The Labute approximate surface area is 137 Å². The smallest absolute Gasteiger partial charge is 0.246 e. The first-order valence-electron chi connectivity index (χ1n) is 7.70. The number of aromatic nitrogens is 2. The highest BCUT2D eigenvalue weighted by Gasteiger charge is 2.20. The van der Waals surface area contributed by atoms with Crippen molar-refractivity contribution in [2.45, 2.75) is 12.5 Å². The number of carbonyl (C=O) groups excluding carboxylic acids is 1. The lowest BCUT2D eigenvalue weighted by atomic mass is 10.1. The van der Waals surface area contributed by atoms with Crippen molar-refractivity contribution >= 4 is 11.6 Å². The molecule has 0 bridgehead atoms. The molecule has 1 amide bonds. The van der Waals surface area contributed by atoms with Gasteiger partial charge in [0, 0.05) is 31.0 Å². The summed E-state index contributed by atoms with van der Waals surface area (Å²) >= 11 is 0. The summed E-state index contributed by atoms with van der Waals surface area (Å²) in [4.78, 5) is 14.6. The molecule has 6 nitrogen and oxygen atoms in total. The number of carbonyl (C=O) groups is 1. The number of hydrogen-bond donors (Lipinski definition) is 2. The predicted molar refractivity (Wildman–Crippen MR) is 92.3 cm³/mol. The molecular formula is C17H25N5O. The molecule has 0 saturated heterocycles. The van der Waals surface area contributed by atoms with Crippen molar-refractivity contribution in [1.29, 1.82) is 0 Å². The fourth-order valence-electron chi connectivity index (χ4n) is 2.36. The molecule has 0 aliphatic rings. The highest BCUT2D eigenvalue weighted by Crippen LogP contribution is 2.16. The Hall–Kier alpha value is -2.18. The molecule has 0 fully saturated rings. The van der Waals surface area contributed by atoms with Gasteiger partial charge in [-0.25, -0.2) is 0 Å². The zero-order chi connectivity index (χ0) is 16.8. The van der Waals surface area contributed by atoms with E-state index in [4.69, 9.17) is 0 Å². The number of likely N-dealkylation sites (N-methyl/N-ethyl adjacent to an activating group) is 2. The van der Waals surface area contributed by atoms with Crippen LogP contribution in [-0.2, 0) is 18.3 Å². The summed E-state index contributed by atoms with van der Waals surface area (Å²) in [6.45, 7) is 1.01. The molecule has 0 saturated carbocycles. The van der Waals surface area contributed by atoms with Crippen LogP contribution in [0, 0.1) is 0 Å². The van der Waals surface area contributed by atoms with Gasteiger partial charge in [-0.3, -0.25) is 9.48 Å². The summed E-state index contributed by atoms with van der Waals surface area (Å²) in [5, 5.41) is 10.1. The van der Waals surface area contributed by atoms with Crippen molar-refractivity contribution in [3.63, 3.8) is 0 Å². The zero-order valence-corrected chi connectivity index (χ0v) is 14.2. The fourth-order valence-corrected chi connectivity index (χ4v) is 2.36. The molecule has 1 heterocycles. The van der Waals surface area contributed by atoms with Crippen LogP contribution < -0.4 is 10.6 Å². The molecule has 1 atom stereocenters. The van der Waals surface area contributed by atoms with E-state index in [-0.39, 0.29) is 5.91 Å². The maximum atomic E-state index is 12.4. The summed E-state index contributed by atoms with van der Waals surface area (Å²) in [6.07, 6.45) is 4.53. The lowest BCUT2D eigenvalue weighted by Gasteiger charge is -2.15. The van der Waals surface area contributed by atoms with Crippen molar-refractivity contribution < 1.29 is 4.79 Å². The van der Waals surface area contributed by atoms with Crippen LogP contribution in [0.1, 0.15) is 17.2 Å². The number of rotatable bonds is 7. The first kappa shape index (κ1) is 17.2. The van der Waals surface area contributed by atoms with Gasteiger partial charge in [0.1, 0.15) is 6.04 Å². The number of benzene rings is 1. The molecule has 23 heavy (non-hydrogen) atoms. The Morgan fingerprint density at radius 2 is 2.00 bits per heavy atom. The summed E-state index contributed by atoms with van der Waals surface area (Å²) < 4.78 is 1.69. The minimum atomic E-state index is -0.419. The number of nitrogens with zero attached hydrogens (tertiary/aromatic N) is 3. The summed E-state index contributed by atoms with van der Waals surface area (Å²) in [6, 6.07) is 7.57. The standard InChI is InChI=1S/C17H25N5O/c1-18-16(14-11-19-22(4)12-14)17(23)20-15-7-5-13(6-8-15)9-10-21(2)3/h5-8,11-12,16,18H,9-10H2,1-4H3,(H,20,23). The van der Waals surface area contributed by atoms with Crippen molar-refractivity contribution in [2.24, 2.45) is 7.05 Å². The molecule has 124 valence electrons. The lowest BCUT2D eigenvalue weighted by molar-refractivity contribution is -0.118. The van der Waals surface area contributed by atoms with Crippen LogP contribution in [0.15, 0.2) is 36.7 Å². The van der Waals surface area contributed by atoms with E-state index in [0.29, 0.717) is 0 Å². The molecule has 1 unspecified atom stereocenters. The molecule has 2 aromatic rings. The highest BCUT2D eigenvalue weighted by molar-refractivity contribution is 5.95. The first-order chi connectivity index (χ1) is 11.0. The van der Waals surface area contributed by atoms with Crippen LogP contribution >= 0.6 is 0 Å². The average Bonchev–Trinajstić information content (AvgIpc) is 2.93. The third-order valence-corrected chi connectivity index (χ3v) is 3.68. The Morgan fingerprint density at radius 3 is 2.52 bits per heavy atom. The number of aryl methyl sites for hydroxylation is 1. The van der Waals surface area contributed by atoms with Crippen molar-refractivity contribution in [2.75, 3.05) is 33.0 Å². The third kappa shape index (κ3) is 4.91. The lowest BCUT2D eigenvalue weighted by Crippen LogP contribution is -2.30. The number of amides is 1. The van der Waals surface area contributed by atoms with Crippen LogP contribution in [0.2, 0.25) is 0 Å². The molecule has 0 aliphatic carbocycles. The van der Waals surface area contributed by atoms with E-state index in [2.05, 4.69) is 46.9 Å². The van der Waals surface area contributed by atoms with Gasteiger partial charge in [0.2, 0.25) is 5.91 Å². The minimum Gasteiger partial charge on any atom is -0.324 e. The van der Waals surface area contributed by atoms with Crippen LogP contribution in [-0.4, -0.2) is 48.3 Å².